The van der Waals surface area contributed by atoms with Gasteiger partial charge in [-0.25, -0.2) is 9.59 Å². The number of nitrogens with one attached hydrogen (secondary N) is 1. The van der Waals surface area contributed by atoms with Crippen molar-refractivity contribution >= 4 is 12.0 Å². The molecule has 108 valence electrons. The van der Waals surface area contributed by atoms with Gasteiger partial charge >= 0.3 is 12.0 Å². The molecule has 2 N–H and O–H groups in total. The molecule has 0 radical (unpaired) electrons. The van der Waals surface area contributed by atoms with Crippen molar-refractivity contribution in [3.63, 3.8) is 0 Å². The maximum atomic E-state index is 12.2. The average Bonchev–Trinajstić information content (AvgIpc) is 2.33. The highest BCUT2D eigenvalue weighted by molar-refractivity contribution is 5.87. The second-order valence-electron chi connectivity index (χ2n) is 5.82. The van der Waals surface area contributed by atoms with E-state index >= 15 is 0 Å². The van der Waals surface area contributed by atoms with Crippen molar-refractivity contribution in [3.8, 4) is 0 Å². The molecule has 0 aromatic carbocycles. The fourth-order valence-corrected chi connectivity index (χ4v) is 2.76. The molecule has 2 rings (SSSR count). The lowest BCUT2D eigenvalue weighted by Crippen LogP contribution is -2.62. The summed E-state index contributed by atoms with van der Waals surface area (Å²) in [6, 6.07) is -0.0428. The van der Waals surface area contributed by atoms with Crippen molar-refractivity contribution in [1.29, 1.82) is 0 Å². The maximum Gasteiger partial charge on any atom is 0.329 e. The second kappa shape index (κ2) is 5.36. The molecule has 1 aliphatic carbocycles. The molecule has 6 nitrogen and oxygen atoms in total. The molecule has 1 saturated carbocycles. The smallest absolute Gasteiger partial charge is 0.329 e. The highest BCUT2D eigenvalue weighted by atomic mass is 16.4. The van der Waals surface area contributed by atoms with Crippen molar-refractivity contribution in [2.45, 2.75) is 43.7 Å². The van der Waals surface area contributed by atoms with E-state index in [9.17, 15) is 14.7 Å². The van der Waals surface area contributed by atoms with Gasteiger partial charge in [0.2, 0.25) is 0 Å². The maximum absolute atomic E-state index is 12.2. The van der Waals surface area contributed by atoms with E-state index in [1.165, 1.54) is 0 Å². The van der Waals surface area contributed by atoms with E-state index in [-0.39, 0.29) is 12.1 Å². The molecule has 0 spiro atoms. The number of hydrogen-bond acceptors (Lipinski definition) is 3. The van der Waals surface area contributed by atoms with E-state index in [1.54, 1.807) is 11.9 Å². The summed E-state index contributed by atoms with van der Waals surface area (Å²) in [5.41, 5.74) is -1.02. The van der Waals surface area contributed by atoms with Crippen LogP contribution in [0.2, 0.25) is 0 Å². The Morgan fingerprint density at radius 1 is 1.32 bits per heavy atom. The van der Waals surface area contributed by atoms with Crippen LogP contribution in [0, 0.1) is 0 Å². The molecule has 19 heavy (non-hydrogen) atoms. The molecule has 1 heterocycles. The fourth-order valence-electron chi connectivity index (χ4n) is 2.76. The van der Waals surface area contributed by atoms with E-state index in [2.05, 4.69) is 17.3 Å². The molecule has 2 fully saturated rings. The van der Waals surface area contributed by atoms with Gasteiger partial charge in [-0.1, -0.05) is 0 Å². The highest BCUT2D eigenvalue weighted by Gasteiger charge is 2.46. The van der Waals surface area contributed by atoms with Gasteiger partial charge in [0, 0.05) is 13.1 Å². The van der Waals surface area contributed by atoms with Crippen LogP contribution in [0.25, 0.3) is 0 Å². The van der Waals surface area contributed by atoms with Crippen molar-refractivity contribution < 1.29 is 14.7 Å². The lowest BCUT2D eigenvalue weighted by molar-refractivity contribution is -0.148. The van der Waals surface area contributed by atoms with Gasteiger partial charge in [0.25, 0.3) is 0 Å². The number of carbonyl (C=O) groups excluding carboxylic acids is 1. The first-order chi connectivity index (χ1) is 8.94. The number of nitrogens with zero attached hydrogens (tertiary/aromatic N) is 2. The number of piperidine rings is 1. The van der Waals surface area contributed by atoms with Crippen LogP contribution < -0.4 is 5.32 Å². The van der Waals surface area contributed by atoms with Gasteiger partial charge in [-0.05, 0) is 52.2 Å². The number of carboxylic acids is 1. The Bertz CT molecular complexity index is 360. The van der Waals surface area contributed by atoms with Gasteiger partial charge in [0.1, 0.15) is 5.54 Å². The number of rotatable bonds is 3. The molecular weight excluding hydrogens is 246 g/mol. The highest BCUT2D eigenvalue weighted by Crippen LogP contribution is 2.32. The number of amides is 2. The predicted molar refractivity (Wildman–Crippen MR) is 71.0 cm³/mol. The lowest BCUT2D eigenvalue weighted by atomic mass is 9.77. The zero-order chi connectivity index (χ0) is 14.0. The third-order valence-corrected chi connectivity index (χ3v) is 4.52. The summed E-state index contributed by atoms with van der Waals surface area (Å²) in [7, 11) is 3.84. The first-order valence-corrected chi connectivity index (χ1v) is 6.91. The third kappa shape index (κ3) is 2.83. The molecule has 0 unspecified atom stereocenters. The Morgan fingerprint density at radius 3 is 2.32 bits per heavy atom. The summed E-state index contributed by atoms with van der Waals surface area (Å²) >= 11 is 0. The van der Waals surface area contributed by atoms with Gasteiger partial charge in [-0.15, -0.1) is 0 Å². The SMILES string of the molecule is CN1CCC(N(C)C(=O)NC2(C(=O)O)CCC2)CC1. The number of carboxylic acid groups (broad SMARTS) is 1. The molecule has 2 aliphatic rings. The molecule has 1 saturated heterocycles. The molecule has 0 aromatic rings. The van der Waals surface area contributed by atoms with Gasteiger partial charge in [-0.2, -0.15) is 0 Å². The van der Waals surface area contributed by atoms with Crippen LogP contribution in [0.5, 0.6) is 0 Å². The third-order valence-electron chi connectivity index (χ3n) is 4.52. The number of aliphatic carboxylic acids is 1. The van der Waals surface area contributed by atoms with Crippen LogP contribution >= 0.6 is 0 Å². The number of carbonyl (C=O) groups is 2. The summed E-state index contributed by atoms with van der Waals surface area (Å²) in [5.74, 6) is -0.913. The molecule has 0 aromatic heterocycles. The monoisotopic (exact) mass is 269 g/mol. The van der Waals surface area contributed by atoms with Crippen LogP contribution in [0.3, 0.4) is 0 Å². The van der Waals surface area contributed by atoms with E-state index < -0.39 is 11.5 Å². The quantitative estimate of drug-likeness (QED) is 0.792. The number of likely N-dealkylation sites (tertiary alicyclic amines) is 1. The zero-order valence-corrected chi connectivity index (χ0v) is 11.7. The minimum Gasteiger partial charge on any atom is -0.480 e. The number of urea groups is 1. The van der Waals surface area contributed by atoms with Gasteiger partial charge < -0.3 is 20.2 Å². The largest absolute Gasteiger partial charge is 0.480 e. The first kappa shape index (κ1) is 14.1. The fraction of sp³-hybridized carbons (Fsp3) is 0.846. The van der Waals surface area contributed by atoms with Crippen LogP contribution in [0.4, 0.5) is 4.79 Å². The normalized spacial score (nSPS) is 23.5. The summed E-state index contributed by atoms with van der Waals surface area (Å²) in [4.78, 5) is 27.3. The van der Waals surface area contributed by atoms with Gasteiger partial charge in [0.15, 0.2) is 0 Å². The standard InChI is InChI=1S/C13H23N3O3/c1-15-8-4-10(5-9-15)16(2)12(19)14-13(11(17)18)6-3-7-13/h10H,3-9H2,1-2H3,(H,14,19)(H,17,18). The summed E-state index contributed by atoms with van der Waals surface area (Å²) < 4.78 is 0. The van der Waals surface area contributed by atoms with Crippen LogP contribution in [-0.2, 0) is 4.79 Å². The zero-order valence-electron chi connectivity index (χ0n) is 11.7. The van der Waals surface area contributed by atoms with Crippen LogP contribution in [0.1, 0.15) is 32.1 Å². The number of hydrogen-bond donors (Lipinski definition) is 2. The summed E-state index contributed by atoms with van der Waals surface area (Å²) in [6.07, 6.45) is 3.83. The van der Waals surface area contributed by atoms with Gasteiger partial charge in [-0.3, -0.25) is 0 Å². The topological polar surface area (TPSA) is 72.9 Å². The van der Waals surface area contributed by atoms with E-state index in [4.69, 9.17) is 0 Å². The Morgan fingerprint density at radius 2 is 1.89 bits per heavy atom. The summed E-state index contributed by atoms with van der Waals surface area (Å²) in [6.45, 7) is 1.96. The minimum atomic E-state index is -1.02. The van der Waals surface area contributed by atoms with Crippen molar-refractivity contribution in [2.24, 2.45) is 0 Å². The molecule has 1 aliphatic heterocycles. The lowest BCUT2D eigenvalue weighted by Gasteiger charge is -2.41. The summed E-state index contributed by atoms with van der Waals surface area (Å²) in [5, 5.41) is 11.9. The van der Waals surface area contributed by atoms with Crippen LogP contribution in [-0.4, -0.2) is 65.7 Å². The molecule has 0 atom stereocenters. The molecule has 2 amide bonds. The van der Waals surface area contributed by atoms with E-state index in [1.807, 2.05) is 0 Å². The minimum absolute atomic E-state index is 0.210. The predicted octanol–water partition coefficient (Wildman–Crippen LogP) is 0.729. The molecule has 0 bridgehead atoms. The van der Waals surface area contributed by atoms with Crippen LogP contribution in [0.15, 0.2) is 0 Å². The van der Waals surface area contributed by atoms with E-state index in [0.29, 0.717) is 12.8 Å². The van der Waals surface area contributed by atoms with Crippen molar-refractivity contribution in [2.75, 3.05) is 27.2 Å². The first-order valence-electron chi connectivity index (χ1n) is 6.91. The van der Waals surface area contributed by atoms with Gasteiger partial charge in [0.05, 0.1) is 0 Å². The Balaban J connectivity index is 1.90. The molecule has 6 heteroatoms. The second-order valence-corrected chi connectivity index (χ2v) is 5.82. The van der Waals surface area contributed by atoms with Crippen molar-refractivity contribution in [1.82, 2.24) is 15.1 Å². The van der Waals surface area contributed by atoms with E-state index in [0.717, 1.165) is 32.4 Å². The Hall–Kier alpha value is -1.30. The average molecular weight is 269 g/mol. The Kier molecular flexibility index (Phi) is 3.99. The Labute approximate surface area is 113 Å². The van der Waals surface area contributed by atoms with Crippen molar-refractivity contribution in [3.05, 3.63) is 0 Å². The molecular formula is C13H23N3O3.